The Morgan fingerprint density at radius 2 is 1.96 bits per heavy atom. The molecule has 1 amide bonds. The van der Waals surface area contributed by atoms with Crippen LogP contribution >= 0.6 is 0 Å². The summed E-state index contributed by atoms with van der Waals surface area (Å²) in [5.41, 5.74) is 2.98. The van der Waals surface area contributed by atoms with E-state index >= 15 is 0 Å². The summed E-state index contributed by atoms with van der Waals surface area (Å²) in [6, 6.07) is 13.1. The highest BCUT2D eigenvalue weighted by Gasteiger charge is 2.41. The second kappa shape index (κ2) is 7.61. The quantitative estimate of drug-likeness (QED) is 0.902. The Morgan fingerprint density at radius 3 is 2.81 bits per heavy atom. The third kappa shape index (κ3) is 3.74. The van der Waals surface area contributed by atoms with E-state index in [0.29, 0.717) is 13.0 Å². The van der Waals surface area contributed by atoms with Crippen LogP contribution in [0.4, 0.5) is 0 Å². The first-order valence-corrected chi connectivity index (χ1v) is 10.2. The molecule has 27 heavy (non-hydrogen) atoms. The van der Waals surface area contributed by atoms with Crippen LogP contribution < -0.4 is 0 Å². The van der Waals surface area contributed by atoms with Gasteiger partial charge in [0.15, 0.2) is 0 Å². The largest absolute Gasteiger partial charge is 0.395 e. The summed E-state index contributed by atoms with van der Waals surface area (Å²) < 4.78 is 0. The van der Waals surface area contributed by atoms with Crippen molar-refractivity contribution < 1.29 is 9.90 Å². The maximum Gasteiger partial charge on any atom is 0.222 e. The molecule has 4 heteroatoms. The molecule has 1 N–H and O–H groups in total. The number of benzene rings is 2. The topological polar surface area (TPSA) is 43.8 Å². The van der Waals surface area contributed by atoms with Crippen LogP contribution in [0.2, 0.25) is 0 Å². The Balaban J connectivity index is 1.54. The van der Waals surface area contributed by atoms with E-state index in [1.165, 1.54) is 34.7 Å². The molecule has 2 aliphatic rings. The first-order valence-electron chi connectivity index (χ1n) is 10.2. The summed E-state index contributed by atoms with van der Waals surface area (Å²) in [5.74, 6) is 0.205. The maximum absolute atomic E-state index is 12.2. The number of piperidine rings is 2. The molecule has 2 aromatic carbocycles. The lowest BCUT2D eigenvalue weighted by Gasteiger charge is -2.48. The van der Waals surface area contributed by atoms with Crippen molar-refractivity contribution >= 4 is 16.7 Å². The van der Waals surface area contributed by atoms with Crippen molar-refractivity contribution in [1.29, 1.82) is 0 Å². The first-order chi connectivity index (χ1) is 13.1. The number of carbonyl (C=O) groups excluding carboxylic acids is 1. The average Bonchev–Trinajstić information content (AvgIpc) is 2.68. The zero-order valence-electron chi connectivity index (χ0n) is 16.3. The standard InChI is InChI=1S/C23H30N2O2/c1-18-7-8-19-5-2-3-6-20(19)21(18)15-24-12-4-10-23(16-24)11-9-22(27)25(17-23)13-14-26/h2-3,5-8,26H,4,9-17H2,1H3. The molecule has 0 bridgehead atoms. The fourth-order valence-corrected chi connectivity index (χ4v) is 5.08. The zero-order chi connectivity index (χ0) is 18.9. The number of aliphatic hydroxyl groups is 1. The smallest absolute Gasteiger partial charge is 0.222 e. The van der Waals surface area contributed by atoms with Crippen molar-refractivity contribution in [3.05, 3.63) is 47.5 Å². The molecule has 2 aliphatic heterocycles. The van der Waals surface area contributed by atoms with E-state index in [-0.39, 0.29) is 17.9 Å². The molecule has 4 nitrogen and oxygen atoms in total. The van der Waals surface area contributed by atoms with Crippen LogP contribution in [-0.4, -0.2) is 53.6 Å². The number of likely N-dealkylation sites (tertiary alicyclic amines) is 2. The van der Waals surface area contributed by atoms with Gasteiger partial charge in [-0.05, 0) is 54.6 Å². The van der Waals surface area contributed by atoms with E-state index in [1.807, 2.05) is 4.90 Å². The number of hydrogen-bond donors (Lipinski definition) is 1. The Hall–Kier alpha value is -1.91. The van der Waals surface area contributed by atoms with Crippen molar-refractivity contribution in [2.45, 2.75) is 39.2 Å². The lowest BCUT2D eigenvalue weighted by Crippen LogP contribution is -2.54. The highest BCUT2D eigenvalue weighted by atomic mass is 16.3. The van der Waals surface area contributed by atoms with Crippen molar-refractivity contribution in [3.63, 3.8) is 0 Å². The van der Waals surface area contributed by atoms with Crippen molar-refractivity contribution in [2.24, 2.45) is 5.41 Å². The summed E-state index contributed by atoms with van der Waals surface area (Å²) in [5, 5.41) is 12.0. The van der Waals surface area contributed by atoms with Gasteiger partial charge in [-0.3, -0.25) is 9.69 Å². The number of nitrogens with zero attached hydrogens (tertiary/aromatic N) is 2. The van der Waals surface area contributed by atoms with E-state index in [1.54, 1.807) is 0 Å². The SMILES string of the molecule is Cc1ccc2ccccc2c1CN1CCCC2(CCC(=O)N(CCO)C2)C1. The van der Waals surface area contributed by atoms with E-state index in [4.69, 9.17) is 0 Å². The van der Waals surface area contributed by atoms with Crippen LogP contribution in [0.1, 0.15) is 36.8 Å². The number of amides is 1. The summed E-state index contributed by atoms with van der Waals surface area (Å²) in [6.07, 6.45) is 3.98. The van der Waals surface area contributed by atoms with Gasteiger partial charge in [-0.1, -0.05) is 36.4 Å². The normalized spacial score (nSPS) is 24.1. The average molecular weight is 367 g/mol. The van der Waals surface area contributed by atoms with Crippen LogP contribution in [0.15, 0.2) is 36.4 Å². The number of fused-ring (bicyclic) bond motifs is 1. The zero-order valence-corrected chi connectivity index (χ0v) is 16.3. The first kappa shape index (κ1) is 18.5. The van der Waals surface area contributed by atoms with Gasteiger partial charge in [0.25, 0.3) is 0 Å². The molecule has 2 fully saturated rings. The summed E-state index contributed by atoms with van der Waals surface area (Å²) in [7, 11) is 0. The molecular formula is C23H30N2O2. The number of aliphatic hydroxyl groups excluding tert-OH is 1. The van der Waals surface area contributed by atoms with Crippen LogP contribution in [0.3, 0.4) is 0 Å². The fraction of sp³-hybridized carbons (Fsp3) is 0.522. The molecule has 2 heterocycles. The van der Waals surface area contributed by atoms with E-state index in [0.717, 1.165) is 32.6 Å². The van der Waals surface area contributed by atoms with Crippen LogP contribution in [-0.2, 0) is 11.3 Å². The van der Waals surface area contributed by atoms with Gasteiger partial charge < -0.3 is 10.0 Å². The highest BCUT2D eigenvalue weighted by Crippen LogP contribution is 2.39. The number of aryl methyl sites for hydroxylation is 1. The summed E-state index contributed by atoms with van der Waals surface area (Å²) >= 11 is 0. The molecule has 144 valence electrons. The second-order valence-electron chi connectivity index (χ2n) is 8.44. The number of β-amino-alcohol motifs (C(OH)–C–C–N with tert-alkyl or cyclic N) is 1. The highest BCUT2D eigenvalue weighted by molar-refractivity contribution is 5.86. The van der Waals surface area contributed by atoms with E-state index in [2.05, 4.69) is 48.2 Å². The Labute approximate surface area is 161 Å². The van der Waals surface area contributed by atoms with Gasteiger partial charge in [-0.25, -0.2) is 0 Å². The van der Waals surface area contributed by atoms with E-state index < -0.39 is 0 Å². The number of carbonyl (C=O) groups is 1. The number of rotatable bonds is 4. The fourth-order valence-electron chi connectivity index (χ4n) is 5.08. The molecule has 1 unspecified atom stereocenters. The second-order valence-corrected chi connectivity index (χ2v) is 8.44. The predicted octanol–water partition coefficient (Wildman–Crippen LogP) is 3.35. The molecule has 0 radical (unpaired) electrons. The van der Waals surface area contributed by atoms with Crippen LogP contribution in [0.5, 0.6) is 0 Å². The summed E-state index contributed by atoms with van der Waals surface area (Å²) in [4.78, 5) is 16.6. The van der Waals surface area contributed by atoms with Crippen molar-refractivity contribution in [1.82, 2.24) is 9.80 Å². The van der Waals surface area contributed by atoms with Crippen LogP contribution in [0.25, 0.3) is 10.8 Å². The van der Waals surface area contributed by atoms with Gasteiger partial charge >= 0.3 is 0 Å². The minimum absolute atomic E-state index is 0.0563. The lowest BCUT2D eigenvalue weighted by atomic mass is 9.73. The van der Waals surface area contributed by atoms with Crippen LogP contribution in [0, 0.1) is 12.3 Å². The van der Waals surface area contributed by atoms with Gasteiger partial charge in [0, 0.05) is 38.0 Å². The minimum atomic E-state index is 0.0563. The Kier molecular flexibility index (Phi) is 5.20. The Bertz CT molecular complexity index is 834. The lowest BCUT2D eigenvalue weighted by molar-refractivity contribution is -0.140. The van der Waals surface area contributed by atoms with Gasteiger partial charge in [0.2, 0.25) is 5.91 Å². The van der Waals surface area contributed by atoms with Gasteiger partial charge in [0.1, 0.15) is 0 Å². The molecule has 0 aromatic heterocycles. The Morgan fingerprint density at radius 1 is 1.11 bits per heavy atom. The molecule has 4 rings (SSSR count). The molecule has 2 aromatic rings. The van der Waals surface area contributed by atoms with Crippen molar-refractivity contribution in [2.75, 3.05) is 32.8 Å². The molecular weight excluding hydrogens is 336 g/mol. The molecule has 1 atom stereocenters. The molecule has 1 spiro atoms. The molecule has 0 saturated carbocycles. The third-order valence-corrected chi connectivity index (χ3v) is 6.52. The maximum atomic E-state index is 12.2. The third-order valence-electron chi connectivity index (χ3n) is 6.52. The minimum Gasteiger partial charge on any atom is -0.395 e. The number of hydrogen-bond acceptors (Lipinski definition) is 3. The van der Waals surface area contributed by atoms with E-state index in [9.17, 15) is 9.90 Å². The predicted molar refractivity (Wildman–Crippen MR) is 109 cm³/mol. The monoisotopic (exact) mass is 366 g/mol. The summed E-state index contributed by atoms with van der Waals surface area (Å²) in [6.45, 7) is 6.69. The van der Waals surface area contributed by atoms with Crippen molar-refractivity contribution in [3.8, 4) is 0 Å². The molecule has 2 saturated heterocycles. The van der Waals surface area contributed by atoms with Gasteiger partial charge in [-0.2, -0.15) is 0 Å². The van der Waals surface area contributed by atoms with Gasteiger partial charge in [0.05, 0.1) is 6.61 Å². The molecule has 0 aliphatic carbocycles. The van der Waals surface area contributed by atoms with Gasteiger partial charge in [-0.15, -0.1) is 0 Å².